The molecule has 0 atom stereocenters. The van der Waals surface area contributed by atoms with E-state index in [2.05, 4.69) is 38.1 Å². The Morgan fingerprint density at radius 3 is 3.00 bits per heavy atom. The molecule has 0 fully saturated rings. The van der Waals surface area contributed by atoms with Gasteiger partial charge >= 0.3 is 0 Å². The fraction of sp³-hybridized carbons (Fsp3) is 0.273. The number of halogens is 1. The average molecular weight is 298 g/mol. The highest BCUT2D eigenvalue weighted by Crippen LogP contribution is 2.15. The number of pyridine rings is 1. The third-order valence-electron chi connectivity index (χ3n) is 2.09. The van der Waals surface area contributed by atoms with Gasteiger partial charge in [0.2, 0.25) is 0 Å². The second kappa shape index (κ2) is 5.41. The molecule has 0 spiro atoms. The first-order chi connectivity index (χ1) is 7.78. The van der Waals surface area contributed by atoms with Crippen molar-refractivity contribution in [3.05, 3.63) is 38.9 Å². The van der Waals surface area contributed by atoms with Crippen molar-refractivity contribution in [2.75, 3.05) is 5.32 Å². The zero-order valence-corrected chi connectivity index (χ0v) is 11.3. The van der Waals surface area contributed by atoms with Crippen LogP contribution in [0.5, 0.6) is 0 Å². The van der Waals surface area contributed by atoms with Crippen LogP contribution in [0.2, 0.25) is 0 Å². The van der Waals surface area contributed by atoms with Crippen molar-refractivity contribution in [1.29, 1.82) is 0 Å². The number of hydrogen-bond donors (Lipinski definition) is 1. The van der Waals surface area contributed by atoms with Gasteiger partial charge in [-0.2, -0.15) is 0 Å². The Morgan fingerprint density at radius 2 is 2.31 bits per heavy atom. The molecule has 0 radical (unpaired) electrons. The fourth-order valence-corrected chi connectivity index (χ4v) is 2.41. The van der Waals surface area contributed by atoms with Crippen LogP contribution in [0.3, 0.4) is 0 Å². The van der Waals surface area contributed by atoms with Crippen molar-refractivity contribution in [3.8, 4) is 0 Å². The van der Waals surface area contributed by atoms with Crippen LogP contribution in [0.15, 0.2) is 29.0 Å². The van der Waals surface area contributed by atoms with Crippen LogP contribution in [0.1, 0.15) is 16.8 Å². The summed E-state index contributed by atoms with van der Waals surface area (Å²) in [4.78, 5) is 9.96. The first-order valence-corrected chi connectivity index (χ1v) is 6.69. The second-order valence-electron chi connectivity index (χ2n) is 3.27. The van der Waals surface area contributed by atoms with Crippen LogP contribution in [-0.4, -0.2) is 9.97 Å². The standard InChI is InChI=1S/C11H12BrN3S/c1-2-8-6-14-11(16-8)7-13-10-5-3-4-9(12)15-10/h3-6H,2,7H2,1H3,(H,13,15). The number of rotatable bonds is 4. The minimum Gasteiger partial charge on any atom is -0.364 e. The second-order valence-corrected chi connectivity index (χ2v) is 5.29. The molecule has 1 N–H and O–H groups in total. The summed E-state index contributed by atoms with van der Waals surface area (Å²) in [5.41, 5.74) is 0. The van der Waals surface area contributed by atoms with Gasteiger partial charge in [0.1, 0.15) is 15.4 Å². The summed E-state index contributed by atoms with van der Waals surface area (Å²) in [6.07, 6.45) is 2.99. The number of nitrogens with zero attached hydrogens (tertiary/aromatic N) is 2. The summed E-state index contributed by atoms with van der Waals surface area (Å²) in [7, 11) is 0. The van der Waals surface area contributed by atoms with Gasteiger partial charge in [-0.25, -0.2) is 9.97 Å². The Kier molecular flexibility index (Phi) is 3.90. The molecule has 5 heteroatoms. The van der Waals surface area contributed by atoms with Crippen LogP contribution < -0.4 is 5.32 Å². The van der Waals surface area contributed by atoms with Crippen molar-refractivity contribution in [3.63, 3.8) is 0 Å². The third kappa shape index (κ3) is 3.02. The van der Waals surface area contributed by atoms with Crippen LogP contribution in [0.25, 0.3) is 0 Å². The van der Waals surface area contributed by atoms with Crippen molar-refractivity contribution < 1.29 is 0 Å². The van der Waals surface area contributed by atoms with E-state index in [4.69, 9.17) is 0 Å². The molecule has 2 aromatic rings. The van der Waals surface area contributed by atoms with Gasteiger partial charge in [-0.15, -0.1) is 11.3 Å². The maximum atomic E-state index is 4.34. The van der Waals surface area contributed by atoms with Crippen molar-refractivity contribution in [1.82, 2.24) is 9.97 Å². The molecule has 2 heterocycles. The fourth-order valence-electron chi connectivity index (χ4n) is 1.27. The molecule has 3 nitrogen and oxygen atoms in total. The normalized spacial score (nSPS) is 10.4. The quantitative estimate of drug-likeness (QED) is 0.878. The lowest BCUT2D eigenvalue weighted by atomic mass is 10.4. The van der Waals surface area contributed by atoms with Gasteiger partial charge in [0.05, 0.1) is 6.54 Å². The molecular weight excluding hydrogens is 286 g/mol. The molecule has 2 aromatic heterocycles. The summed E-state index contributed by atoms with van der Waals surface area (Å²) < 4.78 is 0.839. The molecule has 0 aliphatic rings. The Bertz CT molecular complexity index is 470. The SMILES string of the molecule is CCc1cnc(CNc2cccc(Br)n2)s1. The average Bonchev–Trinajstić information content (AvgIpc) is 2.74. The van der Waals surface area contributed by atoms with Crippen LogP contribution in [0.4, 0.5) is 5.82 Å². The summed E-state index contributed by atoms with van der Waals surface area (Å²) in [5, 5.41) is 4.34. The smallest absolute Gasteiger partial charge is 0.127 e. The molecule has 0 saturated carbocycles. The molecule has 0 bridgehead atoms. The minimum absolute atomic E-state index is 0.730. The zero-order chi connectivity index (χ0) is 11.4. The lowest BCUT2D eigenvalue weighted by Gasteiger charge is -2.02. The number of aryl methyl sites for hydroxylation is 1. The van der Waals surface area contributed by atoms with Gasteiger partial charge < -0.3 is 5.32 Å². The number of anilines is 1. The molecule has 84 valence electrons. The predicted octanol–water partition coefficient (Wildman–Crippen LogP) is 3.48. The summed E-state index contributed by atoms with van der Waals surface area (Å²) in [5.74, 6) is 0.864. The van der Waals surface area contributed by atoms with Crippen LogP contribution in [0, 0.1) is 0 Å². The number of hydrogen-bond acceptors (Lipinski definition) is 4. The Morgan fingerprint density at radius 1 is 1.44 bits per heavy atom. The molecule has 16 heavy (non-hydrogen) atoms. The maximum absolute atomic E-state index is 4.34. The molecule has 2 rings (SSSR count). The highest BCUT2D eigenvalue weighted by atomic mass is 79.9. The van der Waals surface area contributed by atoms with E-state index in [0.29, 0.717) is 0 Å². The Labute approximate surface area is 107 Å². The van der Waals surface area contributed by atoms with Gasteiger partial charge in [-0.05, 0) is 34.5 Å². The summed E-state index contributed by atoms with van der Waals surface area (Å²) in [6.45, 7) is 2.87. The monoisotopic (exact) mass is 297 g/mol. The molecule has 0 aliphatic carbocycles. The Hall–Kier alpha value is -0.940. The van der Waals surface area contributed by atoms with Crippen molar-refractivity contribution in [2.45, 2.75) is 19.9 Å². The highest BCUT2D eigenvalue weighted by molar-refractivity contribution is 9.10. The van der Waals surface area contributed by atoms with E-state index in [1.807, 2.05) is 24.4 Å². The van der Waals surface area contributed by atoms with Crippen molar-refractivity contribution >= 4 is 33.1 Å². The number of nitrogens with one attached hydrogen (secondary N) is 1. The van der Waals surface area contributed by atoms with Crippen LogP contribution >= 0.6 is 27.3 Å². The largest absolute Gasteiger partial charge is 0.364 e. The van der Waals surface area contributed by atoms with Crippen molar-refractivity contribution in [2.24, 2.45) is 0 Å². The first kappa shape index (κ1) is 11.5. The van der Waals surface area contributed by atoms with Gasteiger partial charge in [-0.1, -0.05) is 13.0 Å². The van der Waals surface area contributed by atoms with Gasteiger partial charge in [0.25, 0.3) is 0 Å². The minimum atomic E-state index is 0.730. The maximum Gasteiger partial charge on any atom is 0.127 e. The molecule has 0 amide bonds. The molecule has 0 unspecified atom stereocenters. The van der Waals surface area contributed by atoms with E-state index in [1.165, 1.54) is 4.88 Å². The zero-order valence-electron chi connectivity index (χ0n) is 8.90. The molecule has 0 saturated heterocycles. The molecule has 0 aromatic carbocycles. The molecular formula is C11H12BrN3S. The predicted molar refractivity (Wildman–Crippen MR) is 70.8 cm³/mol. The van der Waals surface area contributed by atoms with E-state index in [9.17, 15) is 0 Å². The molecule has 0 aliphatic heterocycles. The lowest BCUT2D eigenvalue weighted by molar-refractivity contribution is 1.07. The number of thiazole rings is 1. The van der Waals surface area contributed by atoms with E-state index < -0.39 is 0 Å². The van der Waals surface area contributed by atoms with Gasteiger partial charge in [0, 0.05) is 11.1 Å². The lowest BCUT2D eigenvalue weighted by Crippen LogP contribution is -2.00. The Balaban J connectivity index is 1.96. The first-order valence-electron chi connectivity index (χ1n) is 5.08. The summed E-state index contributed by atoms with van der Waals surface area (Å²) in [6, 6.07) is 5.81. The van der Waals surface area contributed by atoms with Gasteiger partial charge in [0.15, 0.2) is 0 Å². The van der Waals surface area contributed by atoms with E-state index >= 15 is 0 Å². The van der Waals surface area contributed by atoms with E-state index in [0.717, 1.165) is 28.4 Å². The summed E-state index contributed by atoms with van der Waals surface area (Å²) >= 11 is 5.08. The third-order valence-corrected chi connectivity index (χ3v) is 3.67. The van der Waals surface area contributed by atoms with E-state index in [1.54, 1.807) is 11.3 Å². The van der Waals surface area contributed by atoms with Crippen LogP contribution in [-0.2, 0) is 13.0 Å². The highest BCUT2D eigenvalue weighted by Gasteiger charge is 2.01. The number of aromatic nitrogens is 2. The van der Waals surface area contributed by atoms with Gasteiger partial charge in [-0.3, -0.25) is 0 Å². The topological polar surface area (TPSA) is 37.8 Å². The van der Waals surface area contributed by atoms with E-state index in [-0.39, 0.29) is 0 Å².